The van der Waals surface area contributed by atoms with E-state index in [4.69, 9.17) is 25.8 Å². The van der Waals surface area contributed by atoms with Gasteiger partial charge in [-0.2, -0.15) is 5.10 Å². The van der Waals surface area contributed by atoms with Gasteiger partial charge in [-0.05, 0) is 48.0 Å². The highest BCUT2D eigenvalue weighted by Crippen LogP contribution is 2.27. The summed E-state index contributed by atoms with van der Waals surface area (Å²) in [4.78, 5) is 36.6. The molecule has 2 amide bonds. The molecule has 0 spiro atoms. The van der Waals surface area contributed by atoms with Crippen LogP contribution in [-0.4, -0.2) is 38.2 Å². The first kappa shape index (κ1) is 24.3. The zero-order valence-corrected chi connectivity index (χ0v) is 19.0. The van der Waals surface area contributed by atoms with Crippen LogP contribution in [0.25, 0.3) is 0 Å². The number of methoxy groups -OCH3 is 2. The largest absolute Gasteiger partial charge is 0.496 e. The van der Waals surface area contributed by atoms with Crippen LogP contribution >= 0.6 is 11.6 Å². The van der Waals surface area contributed by atoms with E-state index in [0.717, 1.165) is 0 Å². The number of halogens is 1. The maximum Gasteiger partial charge on any atom is 0.347 e. The minimum atomic E-state index is -1.00. The highest BCUT2D eigenvalue weighted by Gasteiger charge is 2.16. The van der Waals surface area contributed by atoms with Crippen LogP contribution in [0.3, 0.4) is 0 Å². The van der Waals surface area contributed by atoms with Gasteiger partial charge in [0.1, 0.15) is 22.8 Å². The van der Waals surface area contributed by atoms with Crippen LogP contribution in [0.15, 0.2) is 71.8 Å². The predicted octanol–water partition coefficient (Wildman–Crippen LogP) is 3.67. The van der Waals surface area contributed by atoms with Gasteiger partial charge in [0.05, 0.1) is 26.1 Å². The molecular formula is C24H20ClN3O6. The van der Waals surface area contributed by atoms with E-state index >= 15 is 0 Å². The van der Waals surface area contributed by atoms with Gasteiger partial charge in [0, 0.05) is 5.02 Å². The van der Waals surface area contributed by atoms with Crippen molar-refractivity contribution < 1.29 is 28.6 Å². The van der Waals surface area contributed by atoms with Gasteiger partial charge in [-0.15, -0.1) is 0 Å². The van der Waals surface area contributed by atoms with Crippen LogP contribution in [0.1, 0.15) is 15.9 Å². The molecular weight excluding hydrogens is 462 g/mol. The fourth-order valence-corrected chi connectivity index (χ4v) is 2.98. The summed E-state index contributed by atoms with van der Waals surface area (Å²) in [6.45, 7) is 0. The second-order valence-electron chi connectivity index (χ2n) is 6.66. The van der Waals surface area contributed by atoms with Gasteiger partial charge in [-0.25, -0.2) is 10.2 Å². The van der Waals surface area contributed by atoms with E-state index in [0.29, 0.717) is 22.1 Å². The van der Waals surface area contributed by atoms with Gasteiger partial charge in [-0.3, -0.25) is 9.59 Å². The number of hydrazone groups is 1. The van der Waals surface area contributed by atoms with E-state index < -0.39 is 17.8 Å². The molecule has 3 rings (SSSR count). The number of esters is 1. The standard InChI is InChI=1S/C24H20ClN3O6/c1-32-20-9-4-3-8-18(20)24(31)34-17-7-5-6-15(12-17)14-26-28-23(30)22(29)27-19-13-16(25)10-11-21(19)33-2/h3-14H,1-2H3,(H,27,29)(H,28,30)/b26-14+. The molecule has 9 nitrogen and oxygen atoms in total. The minimum absolute atomic E-state index is 0.240. The molecule has 0 aliphatic rings. The molecule has 0 bridgehead atoms. The van der Waals surface area contributed by atoms with Crippen LogP contribution < -0.4 is 25.0 Å². The van der Waals surface area contributed by atoms with E-state index in [1.165, 1.54) is 26.5 Å². The first-order valence-corrected chi connectivity index (χ1v) is 10.2. The smallest absolute Gasteiger partial charge is 0.347 e. The maximum absolute atomic E-state index is 12.4. The van der Waals surface area contributed by atoms with Crippen molar-refractivity contribution in [1.29, 1.82) is 0 Å². The first-order chi connectivity index (χ1) is 16.4. The molecule has 0 heterocycles. The second-order valence-corrected chi connectivity index (χ2v) is 7.10. The number of para-hydroxylation sites is 1. The molecule has 0 aliphatic heterocycles. The number of benzene rings is 3. The Morgan fingerprint density at radius 1 is 0.882 bits per heavy atom. The summed E-state index contributed by atoms with van der Waals surface area (Å²) in [6, 6.07) is 17.7. The van der Waals surface area contributed by atoms with Crippen LogP contribution in [0, 0.1) is 0 Å². The molecule has 0 saturated carbocycles. The average Bonchev–Trinajstić information content (AvgIpc) is 2.84. The van der Waals surface area contributed by atoms with Gasteiger partial charge in [0.2, 0.25) is 0 Å². The second kappa shape index (κ2) is 11.5. The lowest BCUT2D eigenvalue weighted by atomic mass is 10.2. The Balaban J connectivity index is 1.60. The molecule has 0 fully saturated rings. The topological polar surface area (TPSA) is 115 Å². The zero-order valence-electron chi connectivity index (χ0n) is 18.2. The molecule has 0 atom stereocenters. The summed E-state index contributed by atoms with van der Waals surface area (Å²) in [5, 5.41) is 6.53. The number of ether oxygens (including phenoxy) is 3. The molecule has 0 radical (unpaired) electrons. The maximum atomic E-state index is 12.4. The Hall–Kier alpha value is -4.37. The lowest BCUT2D eigenvalue weighted by molar-refractivity contribution is -0.136. The number of amides is 2. The average molecular weight is 482 g/mol. The molecule has 10 heteroatoms. The van der Waals surface area contributed by atoms with Gasteiger partial charge in [0.25, 0.3) is 0 Å². The summed E-state index contributed by atoms with van der Waals surface area (Å²) in [5.74, 6) is -1.56. The van der Waals surface area contributed by atoms with Gasteiger partial charge >= 0.3 is 17.8 Å². The monoisotopic (exact) mass is 481 g/mol. The van der Waals surface area contributed by atoms with E-state index in [9.17, 15) is 14.4 Å². The Labute approximate surface area is 200 Å². The van der Waals surface area contributed by atoms with Gasteiger partial charge in [0.15, 0.2) is 0 Å². The lowest BCUT2D eigenvalue weighted by Crippen LogP contribution is -2.32. The Kier molecular flexibility index (Phi) is 8.20. The lowest BCUT2D eigenvalue weighted by Gasteiger charge is -2.09. The van der Waals surface area contributed by atoms with E-state index in [1.807, 2.05) is 0 Å². The van der Waals surface area contributed by atoms with E-state index in [2.05, 4.69) is 15.8 Å². The fourth-order valence-electron chi connectivity index (χ4n) is 2.81. The van der Waals surface area contributed by atoms with Crippen molar-refractivity contribution >= 4 is 41.3 Å². The van der Waals surface area contributed by atoms with Crippen molar-refractivity contribution in [2.75, 3.05) is 19.5 Å². The minimum Gasteiger partial charge on any atom is -0.496 e. The third-order valence-corrected chi connectivity index (χ3v) is 4.63. The molecule has 3 aromatic rings. The molecule has 34 heavy (non-hydrogen) atoms. The van der Waals surface area contributed by atoms with E-state index in [-0.39, 0.29) is 17.0 Å². The third kappa shape index (κ3) is 6.33. The first-order valence-electron chi connectivity index (χ1n) is 9.84. The Bertz CT molecular complexity index is 1240. The van der Waals surface area contributed by atoms with Crippen molar-refractivity contribution in [2.24, 2.45) is 5.10 Å². The molecule has 0 saturated heterocycles. The zero-order chi connectivity index (χ0) is 24.5. The molecule has 0 aromatic heterocycles. The number of rotatable bonds is 7. The summed E-state index contributed by atoms with van der Waals surface area (Å²) in [6.07, 6.45) is 1.30. The van der Waals surface area contributed by atoms with Crippen molar-refractivity contribution in [3.8, 4) is 17.2 Å². The SMILES string of the molecule is COc1ccc(Cl)cc1NC(=O)C(=O)N/N=C/c1cccc(OC(=O)c2ccccc2OC)c1. The molecule has 0 aliphatic carbocycles. The van der Waals surface area contributed by atoms with Crippen molar-refractivity contribution in [2.45, 2.75) is 0 Å². The molecule has 174 valence electrons. The van der Waals surface area contributed by atoms with Crippen LogP contribution in [0.2, 0.25) is 5.02 Å². The van der Waals surface area contributed by atoms with E-state index in [1.54, 1.807) is 60.7 Å². The molecule has 3 aromatic carbocycles. The number of hydrogen-bond acceptors (Lipinski definition) is 7. The number of nitrogens with zero attached hydrogens (tertiary/aromatic N) is 1. The number of carbonyl (C=O) groups is 3. The number of hydrogen-bond donors (Lipinski definition) is 2. The highest BCUT2D eigenvalue weighted by molar-refractivity contribution is 6.40. The Morgan fingerprint density at radius 3 is 2.41 bits per heavy atom. The quantitative estimate of drug-likeness (QED) is 0.175. The van der Waals surface area contributed by atoms with Crippen LogP contribution in [-0.2, 0) is 9.59 Å². The molecule has 0 unspecified atom stereocenters. The third-order valence-electron chi connectivity index (χ3n) is 4.39. The predicted molar refractivity (Wildman–Crippen MR) is 127 cm³/mol. The summed E-state index contributed by atoms with van der Waals surface area (Å²) < 4.78 is 15.7. The normalized spacial score (nSPS) is 10.4. The fraction of sp³-hybridized carbons (Fsp3) is 0.0833. The van der Waals surface area contributed by atoms with Crippen LogP contribution in [0.5, 0.6) is 17.2 Å². The van der Waals surface area contributed by atoms with Gasteiger partial charge < -0.3 is 19.5 Å². The number of carbonyl (C=O) groups excluding carboxylic acids is 3. The van der Waals surface area contributed by atoms with Crippen LogP contribution in [0.4, 0.5) is 5.69 Å². The number of anilines is 1. The Morgan fingerprint density at radius 2 is 1.65 bits per heavy atom. The van der Waals surface area contributed by atoms with Gasteiger partial charge in [-0.1, -0.05) is 35.9 Å². The van der Waals surface area contributed by atoms with Crippen molar-refractivity contribution in [3.63, 3.8) is 0 Å². The molecule has 2 N–H and O–H groups in total. The van der Waals surface area contributed by atoms with Crippen molar-refractivity contribution in [3.05, 3.63) is 82.9 Å². The van der Waals surface area contributed by atoms with Crippen molar-refractivity contribution in [1.82, 2.24) is 5.43 Å². The number of nitrogens with one attached hydrogen (secondary N) is 2. The highest BCUT2D eigenvalue weighted by atomic mass is 35.5. The summed E-state index contributed by atoms with van der Waals surface area (Å²) >= 11 is 5.91. The summed E-state index contributed by atoms with van der Waals surface area (Å²) in [7, 11) is 2.88. The summed E-state index contributed by atoms with van der Waals surface area (Å²) in [5.41, 5.74) is 3.16.